The molecule has 2 aromatic carbocycles. The van der Waals surface area contributed by atoms with Crippen LogP contribution in [0.4, 0.5) is 0 Å². The Morgan fingerprint density at radius 2 is 1.83 bits per heavy atom. The predicted octanol–water partition coefficient (Wildman–Crippen LogP) is 3.54. The van der Waals surface area contributed by atoms with Gasteiger partial charge < -0.3 is 15.0 Å². The number of carbonyl (C=O) groups is 2. The number of hydrogen-bond donors (Lipinski definition) is 1. The first-order valence-electron chi connectivity index (χ1n) is 12.9. The molecule has 2 aliphatic heterocycles. The maximum absolute atomic E-state index is 13.0. The van der Waals surface area contributed by atoms with Gasteiger partial charge in [-0.25, -0.2) is 0 Å². The van der Waals surface area contributed by atoms with Gasteiger partial charge in [-0.15, -0.1) is 0 Å². The standard InChI is InChI=1S/C29H32N4O3/c1-30-28(35)27(32-15-12-29(13-16-32)19-33(24-10-11-24)26(34)18-36-29)22-7-4-20(5-8-22)23-9-6-21-3-2-14-31-25(21)17-23/h2-9,14,17,24,27H,10-13,15-16,18-19H2,1H3,(H,30,35). The van der Waals surface area contributed by atoms with Crippen LogP contribution in [0.3, 0.4) is 0 Å². The number of pyridine rings is 1. The molecule has 3 aliphatic rings. The first-order chi connectivity index (χ1) is 17.5. The van der Waals surface area contributed by atoms with Crippen LogP contribution in [-0.2, 0) is 14.3 Å². The summed E-state index contributed by atoms with van der Waals surface area (Å²) in [4.78, 5) is 34.1. The van der Waals surface area contributed by atoms with E-state index in [-0.39, 0.29) is 30.1 Å². The van der Waals surface area contributed by atoms with Gasteiger partial charge in [0.1, 0.15) is 12.6 Å². The smallest absolute Gasteiger partial charge is 0.248 e. The fraction of sp³-hybridized carbons (Fsp3) is 0.414. The molecule has 1 unspecified atom stereocenters. The molecule has 7 nitrogen and oxygen atoms in total. The zero-order chi connectivity index (χ0) is 24.7. The molecule has 1 N–H and O–H groups in total. The molecule has 1 atom stereocenters. The molecule has 186 valence electrons. The van der Waals surface area contributed by atoms with Crippen LogP contribution in [0, 0.1) is 0 Å². The number of nitrogens with one attached hydrogen (secondary N) is 1. The zero-order valence-electron chi connectivity index (χ0n) is 20.7. The highest BCUT2D eigenvalue weighted by Crippen LogP contribution is 2.38. The number of morpholine rings is 1. The molecule has 1 aromatic heterocycles. The molecule has 3 fully saturated rings. The third-order valence-electron chi connectivity index (χ3n) is 8.00. The van der Waals surface area contributed by atoms with Crippen molar-refractivity contribution in [1.82, 2.24) is 20.1 Å². The topological polar surface area (TPSA) is 74.8 Å². The maximum Gasteiger partial charge on any atom is 0.248 e. The van der Waals surface area contributed by atoms with E-state index in [9.17, 15) is 9.59 Å². The molecular formula is C29H32N4O3. The van der Waals surface area contributed by atoms with Gasteiger partial charge in [-0.1, -0.05) is 42.5 Å². The Bertz CT molecular complexity index is 1280. The van der Waals surface area contributed by atoms with Crippen LogP contribution in [0.25, 0.3) is 22.0 Å². The highest BCUT2D eigenvalue weighted by atomic mass is 16.5. The molecule has 7 heteroatoms. The van der Waals surface area contributed by atoms with Gasteiger partial charge in [0.05, 0.1) is 17.7 Å². The Balaban J connectivity index is 1.19. The fourth-order valence-corrected chi connectivity index (χ4v) is 5.72. The van der Waals surface area contributed by atoms with E-state index in [2.05, 4.69) is 63.7 Å². The van der Waals surface area contributed by atoms with E-state index in [1.54, 1.807) is 7.05 Å². The Hall–Kier alpha value is -3.29. The highest BCUT2D eigenvalue weighted by Gasteiger charge is 2.47. The summed E-state index contributed by atoms with van der Waals surface area (Å²) in [6, 6.07) is 18.7. The SMILES string of the molecule is CNC(=O)C(c1ccc(-c2ccc3cccnc3c2)cc1)N1CCC2(CC1)CN(C1CC1)C(=O)CO2. The van der Waals surface area contributed by atoms with E-state index >= 15 is 0 Å². The molecule has 3 aromatic rings. The van der Waals surface area contributed by atoms with Crippen molar-refractivity contribution in [3.8, 4) is 11.1 Å². The lowest BCUT2D eigenvalue weighted by Gasteiger charge is -2.48. The number of amides is 2. The molecule has 1 saturated carbocycles. The molecule has 36 heavy (non-hydrogen) atoms. The van der Waals surface area contributed by atoms with Gasteiger partial charge in [0.2, 0.25) is 11.8 Å². The third-order valence-corrected chi connectivity index (χ3v) is 8.00. The largest absolute Gasteiger partial charge is 0.363 e. The van der Waals surface area contributed by atoms with Crippen molar-refractivity contribution in [2.24, 2.45) is 0 Å². The lowest BCUT2D eigenvalue weighted by atomic mass is 9.87. The average Bonchev–Trinajstić information content (AvgIpc) is 3.77. The minimum absolute atomic E-state index is 0.00653. The first-order valence-corrected chi connectivity index (χ1v) is 12.9. The number of likely N-dealkylation sites (tertiary alicyclic amines) is 1. The van der Waals surface area contributed by atoms with E-state index in [0.717, 1.165) is 66.4 Å². The number of rotatable bonds is 5. The monoisotopic (exact) mass is 484 g/mol. The van der Waals surface area contributed by atoms with Gasteiger partial charge in [0, 0.05) is 37.8 Å². The van der Waals surface area contributed by atoms with Crippen LogP contribution in [-0.4, -0.2) is 71.5 Å². The quantitative estimate of drug-likeness (QED) is 0.600. The van der Waals surface area contributed by atoms with Crippen molar-refractivity contribution in [2.45, 2.75) is 43.4 Å². The molecule has 0 bridgehead atoms. The van der Waals surface area contributed by atoms with Gasteiger partial charge in [-0.2, -0.15) is 0 Å². The Labute approximate surface area is 211 Å². The van der Waals surface area contributed by atoms with Crippen molar-refractivity contribution in [1.29, 1.82) is 0 Å². The summed E-state index contributed by atoms with van der Waals surface area (Å²) < 4.78 is 6.12. The minimum atomic E-state index is -0.357. The molecule has 3 heterocycles. The number of carbonyl (C=O) groups excluding carboxylic acids is 2. The molecule has 1 spiro atoms. The Morgan fingerprint density at radius 3 is 2.56 bits per heavy atom. The number of likely N-dealkylation sites (N-methyl/N-ethyl adjacent to an activating group) is 1. The van der Waals surface area contributed by atoms with Crippen LogP contribution >= 0.6 is 0 Å². The second kappa shape index (κ2) is 9.30. The van der Waals surface area contributed by atoms with Gasteiger partial charge in [0.15, 0.2) is 0 Å². The highest BCUT2D eigenvalue weighted by molar-refractivity contribution is 5.85. The van der Waals surface area contributed by atoms with Crippen LogP contribution in [0.1, 0.15) is 37.3 Å². The second-order valence-electron chi connectivity index (χ2n) is 10.3. The molecule has 6 rings (SSSR count). The number of benzene rings is 2. The number of hydrogen-bond acceptors (Lipinski definition) is 5. The zero-order valence-corrected chi connectivity index (χ0v) is 20.7. The molecule has 1 aliphatic carbocycles. The third kappa shape index (κ3) is 4.38. The Kier molecular flexibility index (Phi) is 5.97. The van der Waals surface area contributed by atoms with Crippen LogP contribution in [0.2, 0.25) is 0 Å². The van der Waals surface area contributed by atoms with E-state index in [1.807, 2.05) is 17.2 Å². The lowest BCUT2D eigenvalue weighted by Crippen LogP contribution is -2.60. The number of piperidine rings is 1. The van der Waals surface area contributed by atoms with Crippen LogP contribution in [0.5, 0.6) is 0 Å². The van der Waals surface area contributed by atoms with E-state index in [4.69, 9.17) is 4.74 Å². The normalized spacial score (nSPS) is 21.0. The minimum Gasteiger partial charge on any atom is -0.363 e. The van der Waals surface area contributed by atoms with Crippen molar-refractivity contribution >= 4 is 22.7 Å². The van der Waals surface area contributed by atoms with E-state index in [1.165, 1.54) is 0 Å². The fourth-order valence-electron chi connectivity index (χ4n) is 5.72. The summed E-state index contributed by atoms with van der Waals surface area (Å²) >= 11 is 0. The summed E-state index contributed by atoms with van der Waals surface area (Å²) in [5.41, 5.74) is 3.87. The summed E-state index contributed by atoms with van der Waals surface area (Å²) in [6.07, 6.45) is 5.67. The first kappa shape index (κ1) is 23.1. The van der Waals surface area contributed by atoms with E-state index < -0.39 is 0 Å². The molecule has 2 saturated heterocycles. The Morgan fingerprint density at radius 1 is 1.08 bits per heavy atom. The van der Waals surface area contributed by atoms with Crippen molar-refractivity contribution in [3.63, 3.8) is 0 Å². The van der Waals surface area contributed by atoms with Crippen LogP contribution in [0.15, 0.2) is 60.8 Å². The average molecular weight is 485 g/mol. The number of fused-ring (bicyclic) bond motifs is 1. The van der Waals surface area contributed by atoms with Crippen molar-refractivity contribution < 1.29 is 14.3 Å². The summed E-state index contributed by atoms with van der Waals surface area (Å²) in [7, 11) is 1.70. The number of nitrogens with zero attached hydrogens (tertiary/aromatic N) is 3. The van der Waals surface area contributed by atoms with Crippen LogP contribution < -0.4 is 5.32 Å². The van der Waals surface area contributed by atoms with Gasteiger partial charge in [-0.05, 0) is 54.5 Å². The maximum atomic E-state index is 13.0. The molecular weight excluding hydrogens is 452 g/mol. The number of ether oxygens (including phenoxy) is 1. The predicted molar refractivity (Wildman–Crippen MR) is 138 cm³/mol. The summed E-state index contributed by atoms with van der Waals surface area (Å²) in [5.74, 6) is 0.115. The molecule has 0 radical (unpaired) electrons. The summed E-state index contributed by atoms with van der Waals surface area (Å²) in [5, 5.41) is 3.98. The molecule has 2 amide bonds. The lowest BCUT2D eigenvalue weighted by molar-refractivity contribution is -0.173. The second-order valence-corrected chi connectivity index (χ2v) is 10.3. The van der Waals surface area contributed by atoms with Crippen molar-refractivity contribution in [3.05, 3.63) is 66.4 Å². The van der Waals surface area contributed by atoms with Gasteiger partial charge in [0.25, 0.3) is 0 Å². The summed E-state index contributed by atoms with van der Waals surface area (Å²) in [6.45, 7) is 2.37. The van der Waals surface area contributed by atoms with Gasteiger partial charge in [-0.3, -0.25) is 19.5 Å². The van der Waals surface area contributed by atoms with Gasteiger partial charge >= 0.3 is 0 Å². The van der Waals surface area contributed by atoms with E-state index in [0.29, 0.717) is 12.6 Å². The van der Waals surface area contributed by atoms with Crippen molar-refractivity contribution in [2.75, 3.05) is 33.3 Å². The number of aromatic nitrogens is 1.